The summed E-state index contributed by atoms with van der Waals surface area (Å²) in [5.41, 5.74) is -1.47. The molecule has 110 valence electrons. The highest BCUT2D eigenvalue weighted by Crippen LogP contribution is 2.36. The van der Waals surface area contributed by atoms with Gasteiger partial charge in [-0.25, -0.2) is 0 Å². The fraction of sp³-hybridized carbons (Fsp3) is 0.0769. The maximum atomic E-state index is 12.9. The van der Waals surface area contributed by atoms with Gasteiger partial charge in [0.1, 0.15) is 0 Å². The number of hydrogen-bond donors (Lipinski definition) is 1. The summed E-state index contributed by atoms with van der Waals surface area (Å²) in [6.45, 7) is 0. The van der Waals surface area contributed by atoms with E-state index in [0.717, 1.165) is 12.1 Å². The number of pyridine rings is 1. The van der Waals surface area contributed by atoms with Crippen LogP contribution in [0.4, 0.5) is 18.9 Å². The third-order valence-corrected chi connectivity index (χ3v) is 3.11. The Morgan fingerprint density at radius 2 is 1.90 bits per heavy atom. The number of benzene rings is 1. The van der Waals surface area contributed by atoms with E-state index in [-0.39, 0.29) is 15.6 Å². The van der Waals surface area contributed by atoms with Crippen LogP contribution in [0.5, 0.6) is 0 Å². The van der Waals surface area contributed by atoms with Crippen LogP contribution in [0.3, 0.4) is 0 Å². The van der Waals surface area contributed by atoms with E-state index in [1.54, 1.807) is 0 Å². The summed E-state index contributed by atoms with van der Waals surface area (Å²) >= 11 is 11.4. The highest BCUT2D eigenvalue weighted by molar-refractivity contribution is 6.34. The fourth-order valence-electron chi connectivity index (χ4n) is 1.59. The third kappa shape index (κ3) is 3.65. The summed E-state index contributed by atoms with van der Waals surface area (Å²) in [6.07, 6.45) is -2.12. The second kappa shape index (κ2) is 5.91. The molecule has 2 rings (SSSR count). The second-order valence-electron chi connectivity index (χ2n) is 4.00. The molecule has 1 aromatic carbocycles. The molecule has 1 N–H and O–H groups in total. The summed E-state index contributed by atoms with van der Waals surface area (Å²) in [5.74, 6) is -0.791. The van der Waals surface area contributed by atoms with Crippen molar-refractivity contribution in [3.8, 4) is 0 Å². The molecule has 1 aromatic heterocycles. The SMILES string of the molecule is O=C(Nc1ccc(Cl)cc1C(F)(F)F)c1cnccc1Cl. The van der Waals surface area contributed by atoms with Gasteiger partial charge >= 0.3 is 6.18 Å². The number of nitrogens with one attached hydrogen (secondary N) is 1. The molecule has 0 fully saturated rings. The number of nitrogens with zero attached hydrogens (tertiary/aromatic N) is 1. The van der Waals surface area contributed by atoms with E-state index in [2.05, 4.69) is 10.3 Å². The van der Waals surface area contributed by atoms with Gasteiger partial charge in [0.25, 0.3) is 5.91 Å². The van der Waals surface area contributed by atoms with Crippen molar-refractivity contribution in [3.63, 3.8) is 0 Å². The average Bonchev–Trinajstić information content (AvgIpc) is 2.40. The van der Waals surface area contributed by atoms with Crippen molar-refractivity contribution >= 4 is 34.8 Å². The molecular weight excluding hydrogens is 328 g/mol. The molecule has 21 heavy (non-hydrogen) atoms. The minimum Gasteiger partial charge on any atom is -0.321 e. The molecule has 0 aliphatic rings. The van der Waals surface area contributed by atoms with Gasteiger partial charge in [0.2, 0.25) is 0 Å². The molecule has 8 heteroatoms. The molecule has 0 aliphatic carbocycles. The Kier molecular flexibility index (Phi) is 4.39. The fourth-order valence-corrected chi connectivity index (χ4v) is 1.96. The molecule has 2 aromatic rings. The molecule has 0 saturated carbocycles. The summed E-state index contributed by atoms with van der Waals surface area (Å²) in [6, 6.07) is 4.43. The average molecular weight is 335 g/mol. The second-order valence-corrected chi connectivity index (χ2v) is 4.84. The lowest BCUT2D eigenvalue weighted by Crippen LogP contribution is -2.17. The molecule has 0 bridgehead atoms. The predicted octanol–water partition coefficient (Wildman–Crippen LogP) is 4.66. The lowest BCUT2D eigenvalue weighted by Gasteiger charge is -2.14. The number of aromatic nitrogens is 1. The molecule has 0 atom stereocenters. The monoisotopic (exact) mass is 334 g/mol. The van der Waals surface area contributed by atoms with E-state index < -0.39 is 23.3 Å². The lowest BCUT2D eigenvalue weighted by atomic mass is 10.1. The largest absolute Gasteiger partial charge is 0.418 e. The van der Waals surface area contributed by atoms with Crippen LogP contribution in [0.1, 0.15) is 15.9 Å². The summed E-state index contributed by atoms with van der Waals surface area (Å²) < 4.78 is 38.7. The number of carbonyl (C=O) groups is 1. The Morgan fingerprint density at radius 3 is 2.52 bits per heavy atom. The van der Waals surface area contributed by atoms with E-state index in [4.69, 9.17) is 23.2 Å². The first kappa shape index (κ1) is 15.6. The molecule has 0 aliphatic heterocycles. The molecule has 3 nitrogen and oxygen atoms in total. The topological polar surface area (TPSA) is 42.0 Å². The molecule has 1 amide bonds. The standard InChI is InChI=1S/C13H7Cl2F3N2O/c14-7-1-2-11(9(5-7)13(16,17)18)20-12(21)8-6-19-4-3-10(8)15/h1-6H,(H,20,21). The summed E-state index contributed by atoms with van der Waals surface area (Å²) in [5, 5.41) is 2.16. The zero-order valence-electron chi connectivity index (χ0n) is 10.2. The minimum atomic E-state index is -4.65. The molecule has 0 radical (unpaired) electrons. The van der Waals surface area contributed by atoms with Gasteiger partial charge in [-0.05, 0) is 24.3 Å². The van der Waals surface area contributed by atoms with Crippen LogP contribution in [0.2, 0.25) is 10.0 Å². The quantitative estimate of drug-likeness (QED) is 0.867. The number of alkyl halides is 3. The van der Waals surface area contributed by atoms with Crippen molar-refractivity contribution < 1.29 is 18.0 Å². The van der Waals surface area contributed by atoms with E-state index in [1.165, 1.54) is 24.5 Å². The van der Waals surface area contributed by atoms with Gasteiger partial charge in [0.05, 0.1) is 21.8 Å². The van der Waals surface area contributed by atoms with Crippen LogP contribution in [0.15, 0.2) is 36.7 Å². The number of carbonyl (C=O) groups excluding carboxylic acids is 1. The van der Waals surface area contributed by atoms with E-state index in [1.807, 2.05) is 0 Å². The van der Waals surface area contributed by atoms with Gasteiger partial charge in [0.15, 0.2) is 0 Å². The highest BCUT2D eigenvalue weighted by atomic mass is 35.5. The van der Waals surface area contributed by atoms with Gasteiger partial charge < -0.3 is 5.32 Å². The van der Waals surface area contributed by atoms with Gasteiger partial charge in [0, 0.05) is 17.4 Å². The van der Waals surface area contributed by atoms with E-state index >= 15 is 0 Å². The first-order valence-electron chi connectivity index (χ1n) is 5.56. The van der Waals surface area contributed by atoms with Crippen molar-refractivity contribution in [2.75, 3.05) is 5.32 Å². The Balaban J connectivity index is 2.36. The molecule has 0 saturated heterocycles. The number of halogens is 5. The predicted molar refractivity (Wildman–Crippen MR) is 73.7 cm³/mol. The molecule has 1 heterocycles. The van der Waals surface area contributed by atoms with Crippen molar-refractivity contribution in [2.45, 2.75) is 6.18 Å². The number of anilines is 1. The lowest BCUT2D eigenvalue weighted by molar-refractivity contribution is -0.136. The molecular formula is C13H7Cl2F3N2O. The number of hydrogen-bond acceptors (Lipinski definition) is 2. The minimum absolute atomic E-state index is 0.0257. The van der Waals surface area contributed by atoms with Crippen LogP contribution in [-0.2, 0) is 6.18 Å². The van der Waals surface area contributed by atoms with Crippen LogP contribution < -0.4 is 5.32 Å². The summed E-state index contributed by atoms with van der Waals surface area (Å²) in [4.78, 5) is 15.7. The van der Waals surface area contributed by atoms with Crippen molar-refractivity contribution in [1.29, 1.82) is 0 Å². The zero-order chi connectivity index (χ0) is 15.6. The van der Waals surface area contributed by atoms with Crippen molar-refractivity contribution in [3.05, 3.63) is 57.8 Å². The maximum absolute atomic E-state index is 12.9. The van der Waals surface area contributed by atoms with E-state index in [9.17, 15) is 18.0 Å². The first-order chi connectivity index (χ1) is 9.79. The third-order valence-electron chi connectivity index (χ3n) is 2.55. The molecule has 0 unspecified atom stereocenters. The van der Waals surface area contributed by atoms with Gasteiger partial charge in [-0.3, -0.25) is 9.78 Å². The highest BCUT2D eigenvalue weighted by Gasteiger charge is 2.34. The zero-order valence-corrected chi connectivity index (χ0v) is 11.7. The van der Waals surface area contributed by atoms with Crippen LogP contribution in [0.25, 0.3) is 0 Å². The van der Waals surface area contributed by atoms with Gasteiger partial charge in [-0.1, -0.05) is 23.2 Å². The smallest absolute Gasteiger partial charge is 0.321 e. The van der Waals surface area contributed by atoms with Crippen molar-refractivity contribution in [2.24, 2.45) is 0 Å². The van der Waals surface area contributed by atoms with Crippen LogP contribution in [0, 0.1) is 0 Å². The van der Waals surface area contributed by atoms with Gasteiger partial charge in [-0.15, -0.1) is 0 Å². The van der Waals surface area contributed by atoms with Crippen LogP contribution >= 0.6 is 23.2 Å². The summed E-state index contributed by atoms with van der Waals surface area (Å²) in [7, 11) is 0. The number of rotatable bonds is 2. The maximum Gasteiger partial charge on any atom is 0.418 e. The van der Waals surface area contributed by atoms with E-state index in [0.29, 0.717) is 0 Å². The number of amides is 1. The van der Waals surface area contributed by atoms with Crippen molar-refractivity contribution in [1.82, 2.24) is 4.98 Å². The first-order valence-corrected chi connectivity index (χ1v) is 6.32. The molecule has 0 spiro atoms. The Labute approximate surface area is 127 Å². The Bertz CT molecular complexity index is 689. The Hall–Kier alpha value is -1.79. The Morgan fingerprint density at radius 1 is 1.19 bits per heavy atom. The van der Waals surface area contributed by atoms with Crippen LogP contribution in [-0.4, -0.2) is 10.9 Å². The normalized spacial score (nSPS) is 11.3. The van der Waals surface area contributed by atoms with Gasteiger partial charge in [-0.2, -0.15) is 13.2 Å².